The standard InChI is InChI=1S/C16H24N2O3/c1-2-7-18(10-12-3-4-12)16(19)14-11-21-15(17-14)13-5-8-20-9-6-13/h11-13H,2-10H2,1H3. The third-order valence-corrected chi connectivity index (χ3v) is 4.27. The molecule has 0 radical (unpaired) electrons. The molecule has 2 aliphatic rings. The van der Waals surface area contributed by atoms with Crippen LogP contribution in [-0.2, 0) is 4.74 Å². The molecule has 1 aliphatic carbocycles. The topological polar surface area (TPSA) is 55.6 Å². The maximum absolute atomic E-state index is 12.6. The van der Waals surface area contributed by atoms with Crippen molar-refractivity contribution in [3.63, 3.8) is 0 Å². The van der Waals surface area contributed by atoms with Crippen LogP contribution in [0.4, 0.5) is 0 Å². The van der Waals surface area contributed by atoms with E-state index in [-0.39, 0.29) is 5.91 Å². The summed E-state index contributed by atoms with van der Waals surface area (Å²) in [6, 6.07) is 0. The molecule has 1 aromatic heterocycles. The normalized spacial score (nSPS) is 19.7. The molecule has 2 fully saturated rings. The molecule has 0 unspecified atom stereocenters. The molecule has 1 saturated carbocycles. The number of nitrogens with zero attached hydrogens (tertiary/aromatic N) is 2. The van der Waals surface area contributed by atoms with Crippen LogP contribution in [-0.4, -0.2) is 42.1 Å². The van der Waals surface area contributed by atoms with Gasteiger partial charge in [0.15, 0.2) is 11.6 Å². The summed E-state index contributed by atoms with van der Waals surface area (Å²) < 4.78 is 10.9. The lowest BCUT2D eigenvalue weighted by molar-refractivity contribution is 0.0741. The van der Waals surface area contributed by atoms with E-state index in [1.807, 2.05) is 4.90 Å². The maximum atomic E-state index is 12.6. The largest absolute Gasteiger partial charge is 0.448 e. The van der Waals surface area contributed by atoms with Crippen LogP contribution in [0.3, 0.4) is 0 Å². The molecule has 1 aromatic rings. The SMILES string of the molecule is CCCN(CC1CC1)C(=O)c1coc(C2CCOCC2)n1. The van der Waals surface area contributed by atoms with Gasteiger partial charge in [0.25, 0.3) is 5.91 Å². The van der Waals surface area contributed by atoms with Gasteiger partial charge in [-0.3, -0.25) is 4.79 Å². The summed E-state index contributed by atoms with van der Waals surface area (Å²) in [4.78, 5) is 19.0. The zero-order valence-corrected chi connectivity index (χ0v) is 12.7. The van der Waals surface area contributed by atoms with E-state index < -0.39 is 0 Å². The van der Waals surface area contributed by atoms with Crippen LogP contribution < -0.4 is 0 Å². The van der Waals surface area contributed by atoms with Crippen molar-refractivity contribution < 1.29 is 13.9 Å². The number of aromatic nitrogens is 1. The number of hydrogen-bond donors (Lipinski definition) is 0. The van der Waals surface area contributed by atoms with Gasteiger partial charge < -0.3 is 14.1 Å². The fourth-order valence-electron chi connectivity index (χ4n) is 2.84. The molecule has 1 aliphatic heterocycles. The molecular formula is C16H24N2O3. The second-order valence-corrected chi connectivity index (χ2v) is 6.15. The Morgan fingerprint density at radius 2 is 2.10 bits per heavy atom. The maximum Gasteiger partial charge on any atom is 0.275 e. The molecule has 0 N–H and O–H groups in total. The third kappa shape index (κ3) is 3.64. The molecule has 3 rings (SSSR count). The van der Waals surface area contributed by atoms with Gasteiger partial charge in [0, 0.05) is 32.2 Å². The summed E-state index contributed by atoms with van der Waals surface area (Å²) in [5.74, 6) is 1.71. The lowest BCUT2D eigenvalue weighted by Gasteiger charge is -2.21. The van der Waals surface area contributed by atoms with Crippen molar-refractivity contribution >= 4 is 5.91 Å². The van der Waals surface area contributed by atoms with Crippen LogP contribution in [0.5, 0.6) is 0 Å². The number of ether oxygens (including phenoxy) is 1. The first-order valence-corrected chi connectivity index (χ1v) is 8.10. The smallest absolute Gasteiger partial charge is 0.275 e. The Bertz CT molecular complexity index is 476. The van der Waals surface area contributed by atoms with E-state index in [9.17, 15) is 4.79 Å². The highest BCUT2D eigenvalue weighted by Gasteiger charge is 2.29. The Morgan fingerprint density at radius 3 is 2.76 bits per heavy atom. The second kappa shape index (κ2) is 6.60. The molecule has 2 heterocycles. The van der Waals surface area contributed by atoms with E-state index in [1.54, 1.807) is 0 Å². The number of hydrogen-bond acceptors (Lipinski definition) is 4. The lowest BCUT2D eigenvalue weighted by atomic mass is 10.0. The van der Waals surface area contributed by atoms with E-state index in [4.69, 9.17) is 9.15 Å². The zero-order chi connectivity index (χ0) is 14.7. The van der Waals surface area contributed by atoms with Crippen molar-refractivity contribution in [1.82, 2.24) is 9.88 Å². The van der Waals surface area contributed by atoms with Gasteiger partial charge >= 0.3 is 0 Å². The lowest BCUT2D eigenvalue weighted by Crippen LogP contribution is -2.33. The molecule has 21 heavy (non-hydrogen) atoms. The predicted molar refractivity (Wildman–Crippen MR) is 78.2 cm³/mol. The van der Waals surface area contributed by atoms with E-state index in [0.29, 0.717) is 23.4 Å². The van der Waals surface area contributed by atoms with Crippen molar-refractivity contribution in [2.24, 2.45) is 5.92 Å². The number of rotatable bonds is 6. The Labute approximate surface area is 125 Å². The zero-order valence-electron chi connectivity index (χ0n) is 12.7. The summed E-state index contributed by atoms with van der Waals surface area (Å²) in [6.07, 6.45) is 6.86. The quantitative estimate of drug-likeness (QED) is 0.809. The highest BCUT2D eigenvalue weighted by Crippen LogP contribution is 2.30. The van der Waals surface area contributed by atoms with Crippen molar-refractivity contribution in [3.05, 3.63) is 17.8 Å². The fourth-order valence-corrected chi connectivity index (χ4v) is 2.84. The van der Waals surface area contributed by atoms with E-state index in [2.05, 4.69) is 11.9 Å². The Kier molecular flexibility index (Phi) is 4.58. The molecule has 1 saturated heterocycles. The summed E-state index contributed by atoms with van der Waals surface area (Å²) in [5, 5.41) is 0. The van der Waals surface area contributed by atoms with Crippen molar-refractivity contribution in [1.29, 1.82) is 0 Å². The Hall–Kier alpha value is -1.36. The Morgan fingerprint density at radius 1 is 1.33 bits per heavy atom. The molecule has 0 spiro atoms. The highest BCUT2D eigenvalue weighted by molar-refractivity contribution is 5.92. The van der Waals surface area contributed by atoms with Crippen LogP contribution in [0.25, 0.3) is 0 Å². The average Bonchev–Trinajstić information content (AvgIpc) is 3.20. The van der Waals surface area contributed by atoms with Gasteiger partial charge in [-0.25, -0.2) is 4.98 Å². The molecule has 0 atom stereocenters. The summed E-state index contributed by atoms with van der Waals surface area (Å²) in [7, 11) is 0. The molecule has 1 amide bonds. The molecule has 0 bridgehead atoms. The van der Waals surface area contributed by atoms with E-state index in [0.717, 1.165) is 45.6 Å². The number of amides is 1. The van der Waals surface area contributed by atoms with Gasteiger partial charge in [-0.2, -0.15) is 0 Å². The van der Waals surface area contributed by atoms with Gasteiger partial charge in [0.2, 0.25) is 0 Å². The second-order valence-electron chi connectivity index (χ2n) is 6.15. The summed E-state index contributed by atoms with van der Waals surface area (Å²) in [6.45, 7) is 5.27. The summed E-state index contributed by atoms with van der Waals surface area (Å²) >= 11 is 0. The van der Waals surface area contributed by atoms with Gasteiger partial charge in [0.05, 0.1) is 0 Å². The van der Waals surface area contributed by atoms with Crippen LogP contribution in [0.1, 0.15) is 61.3 Å². The van der Waals surface area contributed by atoms with Crippen LogP contribution in [0.2, 0.25) is 0 Å². The van der Waals surface area contributed by atoms with Crippen LogP contribution in [0.15, 0.2) is 10.7 Å². The van der Waals surface area contributed by atoms with E-state index >= 15 is 0 Å². The van der Waals surface area contributed by atoms with Crippen LogP contribution in [0, 0.1) is 5.92 Å². The fraction of sp³-hybridized carbons (Fsp3) is 0.750. The molecule has 0 aromatic carbocycles. The van der Waals surface area contributed by atoms with Crippen molar-refractivity contribution in [2.45, 2.75) is 44.9 Å². The molecule has 5 heteroatoms. The monoisotopic (exact) mass is 292 g/mol. The first-order valence-electron chi connectivity index (χ1n) is 8.10. The minimum atomic E-state index is 0.0193. The Balaban J connectivity index is 1.66. The third-order valence-electron chi connectivity index (χ3n) is 4.27. The van der Waals surface area contributed by atoms with Crippen LogP contribution >= 0.6 is 0 Å². The minimum Gasteiger partial charge on any atom is -0.448 e. The predicted octanol–water partition coefficient (Wildman–Crippen LogP) is 2.83. The summed E-state index contributed by atoms with van der Waals surface area (Å²) in [5.41, 5.74) is 0.464. The molecule has 5 nitrogen and oxygen atoms in total. The van der Waals surface area contributed by atoms with Gasteiger partial charge in [-0.05, 0) is 38.0 Å². The average molecular weight is 292 g/mol. The number of carbonyl (C=O) groups is 1. The number of carbonyl (C=O) groups excluding carboxylic acids is 1. The number of oxazole rings is 1. The van der Waals surface area contributed by atoms with E-state index in [1.165, 1.54) is 19.1 Å². The first-order chi connectivity index (χ1) is 10.3. The molecular weight excluding hydrogens is 268 g/mol. The van der Waals surface area contributed by atoms with Crippen molar-refractivity contribution in [2.75, 3.05) is 26.3 Å². The van der Waals surface area contributed by atoms with Gasteiger partial charge in [-0.15, -0.1) is 0 Å². The highest BCUT2D eigenvalue weighted by atomic mass is 16.5. The van der Waals surface area contributed by atoms with Gasteiger partial charge in [-0.1, -0.05) is 6.92 Å². The first kappa shape index (κ1) is 14.6. The molecule has 116 valence electrons. The minimum absolute atomic E-state index is 0.0193. The van der Waals surface area contributed by atoms with Gasteiger partial charge in [0.1, 0.15) is 6.26 Å². The van der Waals surface area contributed by atoms with Crippen molar-refractivity contribution in [3.8, 4) is 0 Å².